The molecule has 80 valence electrons. The molecule has 0 aliphatic rings. The van der Waals surface area contributed by atoms with Gasteiger partial charge in [0.1, 0.15) is 6.04 Å². The average molecular weight is 224 g/mol. The van der Waals surface area contributed by atoms with Crippen molar-refractivity contribution in [2.75, 3.05) is 0 Å². The van der Waals surface area contributed by atoms with Gasteiger partial charge in [-0.25, -0.2) is 8.42 Å². The van der Waals surface area contributed by atoms with Crippen LogP contribution in [0.15, 0.2) is 29.2 Å². The first-order chi connectivity index (χ1) is 6.95. The Labute approximate surface area is 89.6 Å². The van der Waals surface area contributed by atoms with E-state index in [1.165, 1.54) is 13.0 Å². The van der Waals surface area contributed by atoms with E-state index >= 15 is 0 Å². The number of rotatable bonds is 3. The topological polar surface area (TPSA) is 70.0 Å². The summed E-state index contributed by atoms with van der Waals surface area (Å²) in [4.78, 5) is 0.185. The highest BCUT2D eigenvalue weighted by Crippen LogP contribution is 2.10. The molecule has 0 radical (unpaired) electrons. The molecule has 4 nitrogen and oxygen atoms in total. The highest BCUT2D eigenvalue weighted by Gasteiger charge is 2.16. The fraction of sp³-hybridized carbons (Fsp3) is 0.300. The maximum atomic E-state index is 11.7. The number of hydrogen-bond donors (Lipinski definition) is 1. The smallest absolute Gasteiger partial charge is 0.207 e. The van der Waals surface area contributed by atoms with Gasteiger partial charge in [-0.3, -0.25) is 0 Å². The van der Waals surface area contributed by atoms with Gasteiger partial charge in [-0.1, -0.05) is 12.1 Å². The molecule has 0 heterocycles. The van der Waals surface area contributed by atoms with E-state index in [-0.39, 0.29) is 4.90 Å². The van der Waals surface area contributed by atoms with E-state index < -0.39 is 16.1 Å². The van der Waals surface area contributed by atoms with Gasteiger partial charge in [0, 0.05) is 0 Å². The van der Waals surface area contributed by atoms with Gasteiger partial charge in [-0.2, -0.15) is 9.98 Å². The van der Waals surface area contributed by atoms with Crippen LogP contribution in [0.1, 0.15) is 12.5 Å². The molecule has 0 bridgehead atoms. The van der Waals surface area contributed by atoms with Gasteiger partial charge in [-0.15, -0.1) is 0 Å². The van der Waals surface area contributed by atoms with Crippen molar-refractivity contribution in [1.82, 2.24) is 4.72 Å². The van der Waals surface area contributed by atoms with Crippen molar-refractivity contribution in [3.05, 3.63) is 29.8 Å². The molecule has 0 aromatic heterocycles. The van der Waals surface area contributed by atoms with E-state index in [0.717, 1.165) is 5.56 Å². The maximum absolute atomic E-state index is 11.7. The lowest BCUT2D eigenvalue weighted by Gasteiger charge is -2.08. The fourth-order valence-electron chi connectivity index (χ4n) is 1.11. The van der Waals surface area contributed by atoms with Crippen molar-refractivity contribution in [3.63, 3.8) is 0 Å². The number of benzene rings is 1. The van der Waals surface area contributed by atoms with Crippen molar-refractivity contribution in [2.45, 2.75) is 24.8 Å². The van der Waals surface area contributed by atoms with Gasteiger partial charge >= 0.3 is 0 Å². The Morgan fingerprint density at radius 2 is 2.13 bits per heavy atom. The zero-order valence-electron chi connectivity index (χ0n) is 8.56. The zero-order chi connectivity index (χ0) is 11.5. The number of nitrogens with one attached hydrogen (secondary N) is 1. The van der Waals surface area contributed by atoms with Crippen molar-refractivity contribution in [1.29, 1.82) is 5.26 Å². The molecular formula is C10H12N2O2S. The summed E-state index contributed by atoms with van der Waals surface area (Å²) in [5.74, 6) is 0. The standard InChI is InChI=1S/C10H12N2O2S/c1-8-4-3-5-10(6-8)15(13,14)12-9(2)7-11/h3-6,9,12H,1-2H3. The Balaban J connectivity index is 3.03. The van der Waals surface area contributed by atoms with E-state index in [4.69, 9.17) is 5.26 Å². The second-order valence-electron chi connectivity index (χ2n) is 3.29. The molecule has 1 unspecified atom stereocenters. The SMILES string of the molecule is Cc1cccc(S(=O)(=O)NC(C)C#N)c1. The highest BCUT2D eigenvalue weighted by atomic mass is 32.2. The third-order valence-electron chi connectivity index (χ3n) is 1.83. The summed E-state index contributed by atoms with van der Waals surface area (Å²) >= 11 is 0. The van der Waals surface area contributed by atoms with Crippen LogP contribution in [0.25, 0.3) is 0 Å². The second-order valence-corrected chi connectivity index (χ2v) is 5.00. The van der Waals surface area contributed by atoms with Crippen LogP contribution in [0, 0.1) is 18.3 Å². The van der Waals surface area contributed by atoms with Crippen molar-refractivity contribution in [2.24, 2.45) is 0 Å². The van der Waals surface area contributed by atoms with Crippen LogP contribution in [0.2, 0.25) is 0 Å². The first-order valence-electron chi connectivity index (χ1n) is 4.44. The molecule has 15 heavy (non-hydrogen) atoms. The van der Waals surface area contributed by atoms with Crippen molar-refractivity contribution >= 4 is 10.0 Å². The zero-order valence-corrected chi connectivity index (χ0v) is 9.38. The van der Waals surface area contributed by atoms with E-state index in [1.54, 1.807) is 12.1 Å². The van der Waals surface area contributed by atoms with E-state index in [2.05, 4.69) is 4.72 Å². The van der Waals surface area contributed by atoms with Gasteiger partial charge in [0.15, 0.2) is 0 Å². The molecule has 0 aliphatic heterocycles. The summed E-state index contributed by atoms with van der Waals surface area (Å²) in [6, 6.07) is 7.63. The highest BCUT2D eigenvalue weighted by molar-refractivity contribution is 7.89. The first-order valence-corrected chi connectivity index (χ1v) is 5.92. The Morgan fingerprint density at radius 1 is 1.47 bits per heavy atom. The monoisotopic (exact) mass is 224 g/mol. The Bertz CT molecular complexity index is 488. The average Bonchev–Trinajstić information content (AvgIpc) is 2.17. The van der Waals surface area contributed by atoms with Crippen molar-refractivity contribution in [3.8, 4) is 6.07 Å². The molecule has 5 heteroatoms. The summed E-state index contributed by atoms with van der Waals surface area (Å²) in [6.07, 6.45) is 0. The van der Waals surface area contributed by atoms with Gasteiger partial charge in [-0.05, 0) is 31.5 Å². The third kappa shape index (κ3) is 3.05. The summed E-state index contributed by atoms with van der Waals surface area (Å²) in [7, 11) is -3.57. The minimum Gasteiger partial charge on any atom is -0.207 e. The molecule has 0 fully saturated rings. The third-order valence-corrected chi connectivity index (χ3v) is 3.36. The molecule has 0 saturated carbocycles. The molecule has 1 atom stereocenters. The van der Waals surface area contributed by atoms with Crippen LogP contribution >= 0.6 is 0 Å². The van der Waals surface area contributed by atoms with E-state index in [1.807, 2.05) is 19.1 Å². The summed E-state index contributed by atoms with van der Waals surface area (Å²) in [5.41, 5.74) is 0.863. The summed E-state index contributed by atoms with van der Waals surface area (Å²) < 4.78 is 25.6. The first kappa shape index (κ1) is 11.7. The Hall–Kier alpha value is -1.38. The minimum absolute atomic E-state index is 0.185. The maximum Gasteiger partial charge on any atom is 0.241 e. The normalized spacial score (nSPS) is 13.1. The molecular weight excluding hydrogens is 212 g/mol. The van der Waals surface area contributed by atoms with Crippen LogP contribution in [0.5, 0.6) is 0 Å². The number of sulfonamides is 1. The quantitative estimate of drug-likeness (QED) is 0.838. The summed E-state index contributed by atoms with van der Waals surface area (Å²) in [6.45, 7) is 3.31. The molecule has 1 aromatic rings. The van der Waals surface area contributed by atoms with Gasteiger partial charge in [0.25, 0.3) is 0 Å². The van der Waals surface area contributed by atoms with Crippen LogP contribution in [-0.2, 0) is 10.0 Å². The Kier molecular flexibility index (Phi) is 3.45. The van der Waals surface area contributed by atoms with E-state index in [9.17, 15) is 8.42 Å². The van der Waals surface area contributed by atoms with Gasteiger partial charge in [0.05, 0.1) is 11.0 Å². The molecule has 0 amide bonds. The van der Waals surface area contributed by atoms with E-state index in [0.29, 0.717) is 0 Å². The fourth-order valence-corrected chi connectivity index (χ4v) is 2.36. The van der Waals surface area contributed by atoms with Gasteiger partial charge in [0.2, 0.25) is 10.0 Å². The number of aryl methyl sites for hydroxylation is 1. The van der Waals surface area contributed by atoms with Crippen LogP contribution in [-0.4, -0.2) is 14.5 Å². The molecule has 0 saturated heterocycles. The summed E-state index contributed by atoms with van der Waals surface area (Å²) in [5, 5.41) is 8.52. The largest absolute Gasteiger partial charge is 0.241 e. The predicted molar refractivity (Wildman–Crippen MR) is 56.6 cm³/mol. The molecule has 1 aromatic carbocycles. The molecule has 1 rings (SSSR count). The van der Waals surface area contributed by atoms with Crippen LogP contribution in [0.4, 0.5) is 0 Å². The lowest BCUT2D eigenvalue weighted by Crippen LogP contribution is -2.31. The molecule has 1 N–H and O–H groups in total. The number of nitrogens with zero attached hydrogens (tertiary/aromatic N) is 1. The van der Waals surface area contributed by atoms with Crippen LogP contribution in [0.3, 0.4) is 0 Å². The number of hydrogen-bond acceptors (Lipinski definition) is 3. The van der Waals surface area contributed by atoms with Crippen molar-refractivity contribution < 1.29 is 8.42 Å². The lowest BCUT2D eigenvalue weighted by molar-refractivity contribution is 0.577. The molecule has 0 aliphatic carbocycles. The lowest BCUT2D eigenvalue weighted by atomic mass is 10.2. The van der Waals surface area contributed by atoms with Crippen LogP contribution < -0.4 is 4.72 Å². The molecule has 0 spiro atoms. The predicted octanol–water partition coefficient (Wildman–Crippen LogP) is 1.19. The minimum atomic E-state index is -3.57. The second kappa shape index (κ2) is 4.43. The number of nitriles is 1. The van der Waals surface area contributed by atoms with Gasteiger partial charge < -0.3 is 0 Å². The Morgan fingerprint density at radius 3 is 2.67 bits per heavy atom.